The number of aliphatic hydroxyl groups excluding tert-OH is 1. The Morgan fingerprint density at radius 2 is 2.00 bits per heavy atom. The van der Waals surface area contributed by atoms with Crippen molar-refractivity contribution in [2.24, 2.45) is 5.73 Å². The summed E-state index contributed by atoms with van der Waals surface area (Å²) in [5, 5.41) is 18.2. The highest BCUT2D eigenvalue weighted by molar-refractivity contribution is 5.35. The number of hydrogen-bond acceptors (Lipinski definition) is 3. The molecule has 72 valence electrons. The lowest BCUT2D eigenvalue weighted by Gasteiger charge is -2.11. The van der Waals surface area contributed by atoms with E-state index in [1.54, 1.807) is 0 Å². The zero-order valence-corrected chi connectivity index (χ0v) is 6.67. The third-order valence-corrected chi connectivity index (χ3v) is 1.67. The quantitative estimate of drug-likeness (QED) is 0.640. The molecular weight excluding hydrogens is 180 g/mol. The molecule has 1 unspecified atom stereocenters. The second-order valence-electron chi connectivity index (χ2n) is 2.55. The Balaban J connectivity index is 3.25. The Hall–Kier alpha value is -1.20. The molecule has 0 bridgehead atoms. The number of benzene rings is 1. The molecule has 4 N–H and O–H groups in total. The van der Waals surface area contributed by atoms with E-state index in [1.165, 1.54) is 0 Å². The number of rotatable bonds is 2. The number of phenols is 1. The third kappa shape index (κ3) is 1.76. The van der Waals surface area contributed by atoms with Gasteiger partial charge in [0.05, 0.1) is 11.7 Å². The van der Waals surface area contributed by atoms with Crippen LogP contribution in [0.2, 0.25) is 0 Å². The van der Waals surface area contributed by atoms with Crippen molar-refractivity contribution < 1.29 is 19.0 Å². The van der Waals surface area contributed by atoms with E-state index in [0.29, 0.717) is 0 Å². The number of halogens is 2. The molecule has 1 aromatic rings. The van der Waals surface area contributed by atoms with Crippen LogP contribution in [0.3, 0.4) is 0 Å². The van der Waals surface area contributed by atoms with E-state index >= 15 is 0 Å². The fraction of sp³-hybridized carbons (Fsp3) is 0.250. The summed E-state index contributed by atoms with van der Waals surface area (Å²) < 4.78 is 25.6. The van der Waals surface area contributed by atoms with Crippen molar-refractivity contribution >= 4 is 0 Å². The van der Waals surface area contributed by atoms with Crippen LogP contribution in [-0.4, -0.2) is 16.8 Å². The highest BCUT2D eigenvalue weighted by atomic mass is 19.2. The highest BCUT2D eigenvalue weighted by Crippen LogP contribution is 2.27. The fourth-order valence-corrected chi connectivity index (χ4v) is 0.991. The zero-order valence-electron chi connectivity index (χ0n) is 6.67. The van der Waals surface area contributed by atoms with Gasteiger partial charge < -0.3 is 15.9 Å². The van der Waals surface area contributed by atoms with E-state index in [-0.39, 0.29) is 6.54 Å². The molecule has 0 aliphatic carbocycles. The minimum absolute atomic E-state index is 0.284. The molecule has 0 saturated heterocycles. The van der Waals surface area contributed by atoms with Crippen molar-refractivity contribution in [3.8, 4) is 5.75 Å². The van der Waals surface area contributed by atoms with Crippen LogP contribution in [0.1, 0.15) is 11.7 Å². The van der Waals surface area contributed by atoms with E-state index < -0.39 is 29.1 Å². The molecule has 0 saturated carbocycles. The Labute approximate surface area is 73.4 Å². The standard InChI is InChI=1S/C8H9F2NO2/c9-4-1-2-5(12)7(8(4)10)6(13)3-11/h1-2,6,12-13H,3,11H2. The summed E-state index contributed by atoms with van der Waals surface area (Å²) in [6, 6.07) is 1.74. The van der Waals surface area contributed by atoms with Gasteiger partial charge in [0.1, 0.15) is 5.75 Å². The summed E-state index contributed by atoms with van der Waals surface area (Å²) in [6.45, 7) is -0.284. The molecule has 0 spiro atoms. The summed E-state index contributed by atoms with van der Waals surface area (Å²) in [4.78, 5) is 0. The molecule has 13 heavy (non-hydrogen) atoms. The molecule has 3 nitrogen and oxygen atoms in total. The van der Waals surface area contributed by atoms with E-state index in [9.17, 15) is 8.78 Å². The van der Waals surface area contributed by atoms with Gasteiger partial charge in [0.2, 0.25) is 0 Å². The predicted molar refractivity (Wildman–Crippen MR) is 42.0 cm³/mol. The maximum atomic E-state index is 12.9. The number of aromatic hydroxyl groups is 1. The zero-order chi connectivity index (χ0) is 10.0. The molecule has 1 atom stereocenters. The van der Waals surface area contributed by atoms with Gasteiger partial charge in [0.25, 0.3) is 0 Å². The molecule has 0 aliphatic rings. The lowest BCUT2D eigenvalue weighted by atomic mass is 10.1. The van der Waals surface area contributed by atoms with Gasteiger partial charge in [-0.1, -0.05) is 0 Å². The molecule has 0 radical (unpaired) electrons. The summed E-state index contributed by atoms with van der Waals surface area (Å²) >= 11 is 0. The number of phenolic OH excluding ortho intramolecular Hbond substituents is 1. The van der Waals surface area contributed by atoms with E-state index in [2.05, 4.69) is 0 Å². The topological polar surface area (TPSA) is 66.5 Å². The fourth-order valence-electron chi connectivity index (χ4n) is 0.991. The predicted octanol–water partition coefficient (Wildman–Crippen LogP) is 0.663. The van der Waals surface area contributed by atoms with Crippen molar-refractivity contribution in [1.82, 2.24) is 0 Å². The Morgan fingerprint density at radius 1 is 1.38 bits per heavy atom. The van der Waals surface area contributed by atoms with Crippen molar-refractivity contribution in [3.05, 3.63) is 29.3 Å². The molecule has 1 aromatic carbocycles. The van der Waals surface area contributed by atoms with E-state index in [0.717, 1.165) is 12.1 Å². The van der Waals surface area contributed by atoms with Crippen LogP contribution in [-0.2, 0) is 0 Å². The van der Waals surface area contributed by atoms with Crippen LogP contribution < -0.4 is 5.73 Å². The minimum atomic E-state index is -1.39. The average Bonchev–Trinajstić information content (AvgIpc) is 2.12. The highest BCUT2D eigenvalue weighted by Gasteiger charge is 2.19. The third-order valence-electron chi connectivity index (χ3n) is 1.67. The summed E-state index contributed by atoms with van der Waals surface area (Å²) in [7, 11) is 0. The monoisotopic (exact) mass is 189 g/mol. The average molecular weight is 189 g/mol. The second kappa shape index (κ2) is 3.68. The van der Waals surface area contributed by atoms with Crippen molar-refractivity contribution in [3.63, 3.8) is 0 Å². The number of nitrogens with two attached hydrogens (primary N) is 1. The van der Waals surface area contributed by atoms with E-state index in [1.807, 2.05) is 0 Å². The van der Waals surface area contributed by atoms with E-state index in [4.69, 9.17) is 15.9 Å². The maximum absolute atomic E-state index is 12.9. The van der Waals surface area contributed by atoms with Crippen molar-refractivity contribution in [2.75, 3.05) is 6.54 Å². The smallest absolute Gasteiger partial charge is 0.168 e. The maximum Gasteiger partial charge on any atom is 0.168 e. The second-order valence-corrected chi connectivity index (χ2v) is 2.55. The van der Waals surface area contributed by atoms with Crippen molar-refractivity contribution in [1.29, 1.82) is 0 Å². The van der Waals surface area contributed by atoms with Gasteiger partial charge in [-0.05, 0) is 12.1 Å². The Bertz CT molecular complexity index is 317. The molecule has 5 heteroatoms. The van der Waals surface area contributed by atoms with Gasteiger partial charge in [0, 0.05) is 6.54 Å². The van der Waals surface area contributed by atoms with Crippen LogP contribution >= 0.6 is 0 Å². The minimum Gasteiger partial charge on any atom is -0.507 e. The van der Waals surface area contributed by atoms with Crippen LogP contribution in [0.25, 0.3) is 0 Å². The van der Waals surface area contributed by atoms with Gasteiger partial charge in [-0.3, -0.25) is 0 Å². The first-order chi connectivity index (χ1) is 6.07. The molecule has 1 rings (SSSR count). The van der Waals surface area contributed by atoms with Crippen LogP contribution in [0.4, 0.5) is 8.78 Å². The normalized spacial score (nSPS) is 12.9. The molecule has 0 fully saturated rings. The SMILES string of the molecule is NCC(O)c1c(O)ccc(F)c1F. The molecule has 0 aliphatic heterocycles. The van der Waals surface area contributed by atoms with Gasteiger partial charge in [0.15, 0.2) is 11.6 Å². The van der Waals surface area contributed by atoms with Crippen molar-refractivity contribution in [2.45, 2.75) is 6.10 Å². The summed E-state index contributed by atoms with van der Waals surface area (Å²) in [5.74, 6) is -2.89. The summed E-state index contributed by atoms with van der Waals surface area (Å²) in [6.07, 6.45) is -1.39. The van der Waals surface area contributed by atoms with Gasteiger partial charge in [-0.2, -0.15) is 0 Å². The van der Waals surface area contributed by atoms with Crippen LogP contribution in [0, 0.1) is 11.6 Å². The molecule has 0 heterocycles. The first kappa shape index (κ1) is 9.88. The Morgan fingerprint density at radius 3 is 2.54 bits per heavy atom. The largest absolute Gasteiger partial charge is 0.507 e. The number of aliphatic hydroxyl groups is 1. The lowest BCUT2D eigenvalue weighted by Crippen LogP contribution is -2.13. The van der Waals surface area contributed by atoms with Gasteiger partial charge in [-0.25, -0.2) is 8.78 Å². The van der Waals surface area contributed by atoms with Gasteiger partial charge in [-0.15, -0.1) is 0 Å². The van der Waals surface area contributed by atoms with Crippen LogP contribution in [0.15, 0.2) is 12.1 Å². The Kier molecular flexibility index (Phi) is 2.79. The van der Waals surface area contributed by atoms with Gasteiger partial charge >= 0.3 is 0 Å². The first-order valence-electron chi connectivity index (χ1n) is 3.63. The molecular formula is C8H9F2NO2. The molecule has 0 aromatic heterocycles. The lowest BCUT2D eigenvalue weighted by molar-refractivity contribution is 0.176. The van der Waals surface area contributed by atoms with Crippen LogP contribution in [0.5, 0.6) is 5.75 Å². The summed E-state index contributed by atoms with van der Waals surface area (Å²) in [5.41, 5.74) is 4.54. The number of hydrogen-bond donors (Lipinski definition) is 3. The first-order valence-corrected chi connectivity index (χ1v) is 3.63. The molecule has 0 amide bonds.